The van der Waals surface area contributed by atoms with Crippen LogP contribution in [0.15, 0.2) is 245 Å². The Kier molecular flexibility index (Phi) is 29.6. The maximum Gasteiger partial charge on any atom is 0.265 e. The summed E-state index contributed by atoms with van der Waals surface area (Å²) in [7, 11) is -9.44. The molecule has 3 aliphatic heterocycles. The van der Waals surface area contributed by atoms with E-state index in [0.717, 1.165) is 86.5 Å². The highest BCUT2D eigenvalue weighted by Crippen LogP contribution is 2.35. The third-order valence-electron chi connectivity index (χ3n) is 23.7. The summed E-state index contributed by atoms with van der Waals surface area (Å²) in [6, 6.07) is 51.1. The molecule has 1 atom stereocenters. The zero-order valence-electron chi connectivity index (χ0n) is 77.8. The number of anilines is 5. The van der Waals surface area contributed by atoms with Crippen molar-refractivity contribution >= 4 is 147 Å². The number of aromatic amines is 4. The number of hydrogen-bond donors (Lipinski definition) is 12. The van der Waals surface area contributed by atoms with Crippen LogP contribution in [0.4, 0.5) is 28.4 Å². The molecule has 2 fully saturated rings. The van der Waals surface area contributed by atoms with Crippen molar-refractivity contribution in [1.29, 1.82) is 0 Å². The summed E-state index contributed by atoms with van der Waals surface area (Å²) < 4.78 is 105. The van der Waals surface area contributed by atoms with E-state index in [4.69, 9.17) is 4.74 Å². The fraction of sp³-hybridized carbons (Fsp3) is 0.260. The fourth-order valence-electron chi connectivity index (χ4n) is 15.2. The summed E-state index contributed by atoms with van der Waals surface area (Å²) >= 11 is 1.51. The number of nitrogens with one attached hydrogen (secondary N) is 12. The van der Waals surface area contributed by atoms with Gasteiger partial charge in [-0.25, -0.2) is 73.5 Å². The van der Waals surface area contributed by atoms with Crippen LogP contribution < -0.4 is 47.3 Å². The van der Waals surface area contributed by atoms with Crippen LogP contribution in [0.3, 0.4) is 0 Å². The first-order valence-corrected chi connectivity index (χ1v) is 52.2. The topological polar surface area (TPSA) is 480 Å². The minimum absolute atomic E-state index is 0.175. The smallest absolute Gasteiger partial charge is 0.265 e. The molecule has 19 rings (SSSR count). The van der Waals surface area contributed by atoms with E-state index in [-0.39, 0.29) is 43.2 Å². The highest BCUT2D eigenvalue weighted by Gasteiger charge is 2.28. The summed E-state index contributed by atoms with van der Waals surface area (Å²) in [6.07, 6.45) is 16.3. The van der Waals surface area contributed by atoms with E-state index in [0.29, 0.717) is 136 Å². The van der Waals surface area contributed by atoms with Gasteiger partial charge in [0.1, 0.15) is 34.4 Å². The minimum atomic E-state index is -3.36. The van der Waals surface area contributed by atoms with Crippen molar-refractivity contribution in [2.45, 2.75) is 134 Å². The number of thiophene rings is 1. The van der Waals surface area contributed by atoms with Crippen LogP contribution in [0.1, 0.15) is 131 Å². The first-order valence-electron chi connectivity index (χ1n) is 45.2. The molecule has 34 nitrogen and oxygen atoms in total. The predicted molar refractivity (Wildman–Crippen MR) is 542 cm³/mol. The van der Waals surface area contributed by atoms with Crippen LogP contribution in [-0.4, -0.2) is 202 Å². The summed E-state index contributed by atoms with van der Waals surface area (Å²) in [5.74, 6) is -0.245. The van der Waals surface area contributed by atoms with Gasteiger partial charge in [-0.05, 0) is 228 Å². The molecule has 4 amide bonds. The maximum atomic E-state index is 12.9. The van der Waals surface area contributed by atoms with Gasteiger partial charge in [-0.3, -0.25) is 19.2 Å². The predicted octanol–water partition coefficient (Wildman–Crippen LogP) is 15.7. The van der Waals surface area contributed by atoms with Crippen molar-refractivity contribution in [1.82, 2.24) is 80.7 Å². The number of carbonyl (C=O) groups excluding carboxylic acids is 4. The highest BCUT2D eigenvalue weighted by molar-refractivity contribution is 7.93. The zero-order valence-corrected chi connectivity index (χ0v) is 81.9. The zero-order chi connectivity index (χ0) is 98.2. The molecule has 718 valence electrons. The van der Waals surface area contributed by atoms with E-state index < -0.39 is 60.3 Å². The van der Waals surface area contributed by atoms with Crippen molar-refractivity contribution in [2.24, 2.45) is 0 Å². The standard InChI is InChI=1S/C26H29N5O4S.C26H27N5O3S.C25H26N6O3S.C23H23N5O3S2/c1-17(2)36(33,34)21-11-7-18(8-12-21)22-15-27-25-24(29-22)23(16-28-25)30-26(32)19-5-9-20(10-6-19)35-14-13-31(3)4;1-16(2)35(33,34)20-11-9-18(10-12-20)22-14-28-25-24(30-22)23(15-29-25)31-26(32)19-7-5-17(6-8-19)21-4-3-13-27-21;1-15(2)35(33,34)20-9-5-16(6-10-20)21-13-27-24-23(30-21)22(14-28-24)31-25(32)17-3-7-18(8-4-17)29-19-11-26-12-19;1-13(2)33(30,31)16-5-3-14(4-6-16)17-10-25-22-21(27-17)18(11-26-22)28-23(29)19-9-15-7-8-24-12-20(15)32-19/h5-12,15-17H,13-14H2,1-4H3,(H,27,28)(H,30,32);5-12,14-16,21,27H,3-4,13H2,1-2H3,(H,28,29)(H,31,32);3-10,13-15,19,26,29H,11-12H2,1-2H3,(H,27,28)(H,31,32);3-6,9-11,13,24H,7-8,12H2,1-2H3,(H,25,26)(H,28,29). The third kappa shape index (κ3) is 22.5. The molecule has 1 unspecified atom stereocenters. The summed E-state index contributed by atoms with van der Waals surface area (Å²) in [5, 5.41) is 23.1. The number of benzene rings is 7. The van der Waals surface area contributed by atoms with Gasteiger partial charge in [0.2, 0.25) is 0 Å². The molecule has 39 heteroatoms. The average Bonchev–Trinajstić information content (AvgIpc) is 1.67. The Morgan fingerprint density at radius 3 is 1.09 bits per heavy atom. The van der Waals surface area contributed by atoms with Crippen molar-refractivity contribution < 1.29 is 57.6 Å². The van der Waals surface area contributed by atoms with Gasteiger partial charge in [0.05, 0.1) is 122 Å². The van der Waals surface area contributed by atoms with Crippen LogP contribution >= 0.6 is 11.3 Å². The van der Waals surface area contributed by atoms with Crippen LogP contribution in [0.2, 0.25) is 0 Å². The number of ether oxygens (including phenoxy) is 1. The van der Waals surface area contributed by atoms with Gasteiger partial charge in [-0.2, -0.15) is 0 Å². The van der Waals surface area contributed by atoms with E-state index in [1.165, 1.54) is 27.3 Å². The van der Waals surface area contributed by atoms with Crippen LogP contribution in [0, 0.1) is 0 Å². The molecular weight excluding hydrogens is 1860 g/mol. The lowest BCUT2D eigenvalue weighted by atomic mass is 10.0. The lowest BCUT2D eigenvalue weighted by Crippen LogP contribution is -2.51. The quantitative estimate of drug-likeness (QED) is 0.0227. The first-order chi connectivity index (χ1) is 66.6. The third-order valence-corrected chi connectivity index (χ3v) is 33.6. The Hall–Kier alpha value is -14.2. The monoisotopic (exact) mass is 1970 g/mol. The molecule has 0 aliphatic carbocycles. The minimum Gasteiger partial charge on any atom is -0.492 e. The number of likely N-dealkylation sites (N-methyl/N-ethyl adjacent to an activating group) is 1. The molecule has 0 spiro atoms. The highest BCUT2D eigenvalue weighted by atomic mass is 32.2. The van der Waals surface area contributed by atoms with Gasteiger partial charge < -0.3 is 72.1 Å². The molecule has 0 bridgehead atoms. The number of fused-ring (bicyclic) bond motifs is 5. The molecule has 7 aromatic carbocycles. The van der Waals surface area contributed by atoms with Crippen molar-refractivity contribution in [2.75, 3.05) is 80.0 Å². The van der Waals surface area contributed by atoms with Crippen molar-refractivity contribution in [3.63, 3.8) is 0 Å². The average molecular weight is 1970 g/mol. The van der Waals surface area contributed by atoms with Crippen molar-refractivity contribution in [3.8, 4) is 50.8 Å². The number of nitrogens with zero attached hydrogens (tertiary/aromatic N) is 9. The molecule has 3 aliphatic rings. The number of hydrogen-bond acceptors (Lipinski definition) is 27. The molecule has 139 heavy (non-hydrogen) atoms. The first kappa shape index (κ1) is 97.9. The summed E-state index contributed by atoms with van der Waals surface area (Å²) in [5.41, 5.74) is 16.5. The van der Waals surface area contributed by atoms with E-state index in [1.54, 1.807) is 238 Å². The van der Waals surface area contributed by atoms with Gasteiger partial charge in [0.25, 0.3) is 23.6 Å². The van der Waals surface area contributed by atoms with Gasteiger partial charge in [-0.1, -0.05) is 60.7 Å². The van der Waals surface area contributed by atoms with Gasteiger partial charge >= 0.3 is 0 Å². The van der Waals surface area contributed by atoms with E-state index >= 15 is 0 Å². The van der Waals surface area contributed by atoms with E-state index in [1.807, 2.05) is 61.5 Å². The Morgan fingerprint density at radius 1 is 0.432 bits per heavy atom. The molecule has 0 radical (unpaired) electrons. The number of amides is 4. The Bertz CT molecular complexity index is 7650. The molecule has 9 aromatic heterocycles. The molecule has 16 aromatic rings. The van der Waals surface area contributed by atoms with Gasteiger partial charge in [0, 0.05) is 107 Å². The van der Waals surface area contributed by atoms with Crippen LogP contribution in [-0.2, 0) is 52.3 Å². The van der Waals surface area contributed by atoms with Crippen molar-refractivity contribution in [3.05, 3.63) is 263 Å². The second-order valence-electron chi connectivity index (χ2n) is 34.9. The van der Waals surface area contributed by atoms with E-state index in [2.05, 4.69) is 102 Å². The second kappa shape index (κ2) is 42.0. The molecule has 12 N–H and O–H groups in total. The Labute approximate surface area is 807 Å². The fourth-order valence-corrected chi connectivity index (χ4v) is 20.5. The lowest BCUT2D eigenvalue weighted by Gasteiger charge is -2.29. The molecule has 0 saturated carbocycles. The second-order valence-corrected chi connectivity index (χ2v) is 46.1. The van der Waals surface area contributed by atoms with Gasteiger partial charge in [-0.15, -0.1) is 11.3 Å². The van der Waals surface area contributed by atoms with Gasteiger partial charge in [0.15, 0.2) is 61.9 Å². The summed E-state index contributed by atoms with van der Waals surface area (Å²) in [4.78, 5) is 105. The van der Waals surface area contributed by atoms with Crippen LogP contribution in [0.5, 0.6) is 5.75 Å². The van der Waals surface area contributed by atoms with E-state index in [9.17, 15) is 52.8 Å². The molecule has 12 heterocycles. The number of aromatic nitrogens is 12. The molecular formula is C100H105N21O13S5. The molecule has 2 saturated heterocycles. The number of rotatable bonds is 27. The number of H-pyrrole nitrogens is 4. The number of carbonyl (C=O) groups is 4. The maximum absolute atomic E-state index is 12.9. The lowest BCUT2D eigenvalue weighted by molar-refractivity contribution is 0.101. The SMILES string of the molecule is CC(C)S(=O)(=O)c1ccc(-c2cnc3[nH]cc(NC(=O)c4cc5c(s4)CNCC5)c3n2)cc1.CC(C)S(=O)(=O)c1ccc(-c2cnc3[nH]cc(NC(=O)c4ccc(C5CCCN5)cc4)c3n2)cc1.CC(C)S(=O)(=O)c1ccc(-c2cnc3[nH]cc(NC(=O)c4ccc(NC5CNC5)cc4)c3n2)cc1.CC(C)S(=O)(=O)c1ccc(-c2cnc3[nH]cc(NC(=O)c4ccc(OCCN(C)C)cc4)c3n2)cc1. The normalized spacial score (nSPS) is 14.0. The largest absolute Gasteiger partial charge is 0.492 e. The Balaban J connectivity index is 0.000000134. The Morgan fingerprint density at radius 2 is 0.777 bits per heavy atom. The number of sulfone groups is 4. The summed E-state index contributed by atoms with van der Waals surface area (Å²) in [6.45, 7) is 19.2. The van der Waals surface area contributed by atoms with Crippen LogP contribution in [0.25, 0.3) is 89.7 Å².